The van der Waals surface area contributed by atoms with E-state index in [4.69, 9.17) is 24.9 Å². The van der Waals surface area contributed by atoms with Gasteiger partial charge in [0.05, 0.1) is 30.8 Å². The van der Waals surface area contributed by atoms with E-state index in [2.05, 4.69) is 48.7 Å². The summed E-state index contributed by atoms with van der Waals surface area (Å²) in [5, 5.41) is 25.3. The van der Waals surface area contributed by atoms with Crippen LogP contribution in [0.3, 0.4) is 0 Å². The fourth-order valence-corrected chi connectivity index (χ4v) is 9.86. The molecule has 6 heterocycles. The molecule has 0 unspecified atom stereocenters. The van der Waals surface area contributed by atoms with Crippen LogP contribution in [-0.2, 0) is 23.8 Å². The minimum atomic E-state index is -0.779. The summed E-state index contributed by atoms with van der Waals surface area (Å²) in [6.07, 6.45) is 8.49. The van der Waals surface area contributed by atoms with Crippen molar-refractivity contribution in [3.05, 3.63) is 83.4 Å². The van der Waals surface area contributed by atoms with E-state index in [1.54, 1.807) is 16.0 Å². The molecule has 4 aliphatic heterocycles. The van der Waals surface area contributed by atoms with E-state index in [0.717, 1.165) is 37.1 Å². The average molecular weight is 1060 g/mol. The SMILES string of the molecule is CC(C)(C)OC(=O)N1CCC(c2ccc(Nc3nc(N4CCC(C(=O)O)CC4)cnc3C(N)=O)cc2)CC1.CCOC(=O)C1CCN(c2cnc(C#N)c(Nc3ccc(C4CCN(C(=O)OC(C)(C)C)CC4)cc3)n2)CC1.[HH].[HH]. The lowest BCUT2D eigenvalue weighted by Crippen LogP contribution is -2.41. The summed E-state index contributed by atoms with van der Waals surface area (Å²) in [5.74, 6) is 0.551. The molecule has 0 bridgehead atoms. The van der Waals surface area contributed by atoms with Crippen molar-refractivity contribution in [2.75, 3.05) is 79.4 Å². The van der Waals surface area contributed by atoms with Crippen molar-refractivity contribution in [2.45, 2.75) is 123 Å². The predicted molar refractivity (Wildman–Crippen MR) is 295 cm³/mol. The Morgan fingerprint density at radius 1 is 0.649 bits per heavy atom. The number of nitriles is 1. The molecule has 0 saturated carbocycles. The first-order valence-electron chi connectivity index (χ1n) is 26.7. The predicted octanol–water partition coefficient (Wildman–Crippen LogP) is 9.21. The van der Waals surface area contributed by atoms with Crippen molar-refractivity contribution in [3.8, 4) is 6.07 Å². The van der Waals surface area contributed by atoms with Gasteiger partial charge in [0.2, 0.25) is 0 Å². The molecule has 4 fully saturated rings. The monoisotopic (exact) mass is 1060 g/mol. The van der Waals surface area contributed by atoms with Gasteiger partial charge in [0, 0.05) is 66.6 Å². The van der Waals surface area contributed by atoms with Crippen molar-refractivity contribution in [3.63, 3.8) is 0 Å². The topological polar surface area (TPSA) is 272 Å². The highest BCUT2D eigenvalue weighted by Gasteiger charge is 2.31. The van der Waals surface area contributed by atoms with Crippen molar-refractivity contribution in [1.29, 1.82) is 5.26 Å². The van der Waals surface area contributed by atoms with Gasteiger partial charge < -0.3 is 55.3 Å². The largest absolute Gasteiger partial charge is 0.481 e. The van der Waals surface area contributed by atoms with Gasteiger partial charge in [0.15, 0.2) is 23.0 Å². The second-order valence-corrected chi connectivity index (χ2v) is 21.9. The molecule has 21 heteroatoms. The Labute approximate surface area is 453 Å². The van der Waals surface area contributed by atoms with Crippen LogP contribution in [0.5, 0.6) is 0 Å². The van der Waals surface area contributed by atoms with Crippen LogP contribution in [-0.4, -0.2) is 135 Å². The van der Waals surface area contributed by atoms with Crippen molar-refractivity contribution >= 4 is 64.7 Å². The lowest BCUT2D eigenvalue weighted by Gasteiger charge is -2.33. The maximum atomic E-state index is 12.4. The molecule has 0 spiro atoms. The summed E-state index contributed by atoms with van der Waals surface area (Å²) < 4.78 is 16.2. The summed E-state index contributed by atoms with van der Waals surface area (Å²) in [4.78, 5) is 85.5. The summed E-state index contributed by atoms with van der Waals surface area (Å²) in [6.45, 7) is 18.5. The third kappa shape index (κ3) is 15.9. The molecule has 0 atom stereocenters. The smallest absolute Gasteiger partial charge is 0.410 e. The number of ether oxygens (including phenoxy) is 3. The number of anilines is 6. The number of carbonyl (C=O) groups is 5. The van der Waals surface area contributed by atoms with Gasteiger partial charge in [-0.3, -0.25) is 14.4 Å². The first-order valence-corrected chi connectivity index (χ1v) is 26.7. The molecule has 3 amide bonds. The highest BCUT2D eigenvalue weighted by atomic mass is 16.6. The lowest BCUT2D eigenvalue weighted by molar-refractivity contribution is -0.148. The van der Waals surface area contributed by atoms with E-state index in [1.165, 1.54) is 17.3 Å². The number of rotatable bonds is 12. The van der Waals surface area contributed by atoms with Gasteiger partial charge in [0.25, 0.3) is 5.91 Å². The Morgan fingerprint density at radius 2 is 1.06 bits per heavy atom. The van der Waals surface area contributed by atoms with Crippen LogP contribution >= 0.6 is 0 Å². The van der Waals surface area contributed by atoms with E-state index in [9.17, 15) is 34.3 Å². The number of amides is 3. The Balaban J connectivity index is 0.000000284. The normalized spacial score (nSPS) is 17.1. The first kappa shape index (κ1) is 57.0. The molecule has 8 rings (SSSR count). The molecule has 21 nitrogen and oxygen atoms in total. The Hall–Kier alpha value is -7.76. The van der Waals surface area contributed by atoms with Crippen LogP contribution in [0.1, 0.15) is 142 Å². The van der Waals surface area contributed by atoms with Gasteiger partial charge in [-0.1, -0.05) is 24.3 Å². The minimum absolute atomic E-state index is 0. The number of piperidine rings is 4. The van der Waals surface area contributed by atoms with Gasteiger partial charge in [-0.15, -0.1) is 0 Å². The molecule has 0 aliphatic carbocycles. The van der Waals surface area contributed by atoms with Crippen LogP contribution in [0.2, 0.25) is 0 Å². The lowest BCUT2D eigenvalue weighted by atomic mass is 9.89. The summed E-state index contributed by atoms with van der Waals surface area (Å²) in [6, 6.07) is 18.2. The number of likely N-dealkylation sites (tertiary alicyclic amines) is 2. The number of hydrogen-bond donors (Lipinski definition) is 4. The van der Waals surface area contributed by atoms with E-state index in [1.807, 2.05) is 89.8 Å². The zero-order valence-corrected chi connectivity index (χ0v) is 45.4. The zero-order valence-electron chi connectivity index (χ0n) is 45.4. The Kier molecular flexibility index (Phi) is 18.8. The molecule has 77 heavy (non-hydrogen) atoms. The molecular formula is C56H78N12O9. The van der Waals surface area contributed by atoms with Crippen LogP contribution in [0.25, 0.3) is 0 Å². The van der Waals surface area contributed by atoms with Crippen LogP contribution in [0, 0.1) is 23.2 Å². The number of primary amides is 1. The number of carboxylic acids is 1. The molecule has 2 aromatic heterocycles. The summed E-state index contributed by atoms with van der Waals surface area (Å²) in [5.41, 5.74) is 8.74. The van der Waals surface area contributed by atoms with Crippen molar-refractivity contribution in [2.24, 2.45) is 17.6 Å². The minimum Gasteiger partial charge on any atom is -0.481 e. The van der Waals surface area contributed by atoms with E-state index < -0.39 is 23.1 Å². The third-order valence-corrected chi connectivity index (χ3v) is 14.0. The highest BCUT2D eigenvalue weighted by molar-refractivity contribution is 5.96. The van der Waals surface area contributed by atoms with Gasteiger partial charge in [-0.05, 0) is 147 Å². The third-order valence-electron chi connectivity index (χ3n) is 14.0. The number of nitrogens with one attached hydrogen (secondary N) is 2. The second kappa shape index (κ2) is 25.4. The molecule has 5 N–H and O–H groups in total. The molecule has 4 aliphatic rings. The van der Waals surface area contributed by atoms with Crippen LogP contribution < -0.4 is 26.2 Å². The van der Waals surface area contributed by atoms with Gasteiger partial charge in [-0.2, -0.15) is 5.26 Å². The quantitative estimate of drug-likeness (QED) is 0.0760. The Bertz CT molecular complexity index is 2740. The number of nitrogens with two attached hydrogens (primary N) is 1. The van der Waals surface area contributed by atoms with Gasteiger partial charge >= 0.3 is 24.1 Å². The van der Waals surface area contributed by atoms with Gasteiger partial charge in [-0.25, -0.2) is 29.5 Å². The highest BCUT2D eigenvalue weighted by Crippen LogP contribution is 2.33. The first-order chi connectivity index (χ1) is 36.7. The second-order valence-electron chi connectivity index (χ2n) is 21.9. The van der Waals surface area contributed by atoms with Gasteiger partial charge in [0.1, 0.15) is 28.9 Å². The Morgan fingerprint density at radius 3 is 1.47 bits per heavy atom. The number of carboxylic acid groups (broad SMARTS) is 1. The van der Waals surface area contributed by atoms with E-state index >= 15 is 0 Å². The molecular weight excluding hydrogens is 985 g/mol. The molecule has 0 radical (unpaired) electrons. The summed E-state index contributed by atoms with van der Waals surface area (Å²) >= 11 is 0. The number of hydrogen-bond acceptors (Lipinski definition) is 17. The standard InChI is InChI=1S/C29H38N6O4.C27H36N6O5.2H2/c1-5-38-27(36)22-12-14-34(15-13-22)25-19-31-24(18-30)26(33-25)32-23-8-6-20(7-9-23)21-10-16-35(17-11-21)28(37)39-29(2,3)4;1-27(2,3)38-26(37)33-14-8-18(9-15-33)17-4-6-20(7-5-17)30-24-22(23(28)34)29-16-21(31-24)32-12-10-19(11-13-32)25(35)36;;/h6-9,19,21-22H,5,10-17H2,1-4H3,(H,32,33);4-7,16,18-19H,8-15H2,1-3H3,(H2,28,34)(H,30,31)(H,35,36);2*1H. The van der Waals surface area contributed by atoms with Crippen LogP contribution in [0.4, 0.5) is 44.2 Å². The van der Waals surface area contributed by atoms with Crippen LogP contribution in [0.15, 0.2) is 60.9 Å². The fraction of sp³-hybridized carbons (Fsp3) is 0.536. The van der Waals surface area contributed by atoms with Crippen molar-refractivity contribution < 1.29 is 46.1 Å². The number of nitrogens with zero attached hydrogens (tertiary/aromatic N) is 9. The zero-order chi connectivity index (χ0) is 55.4. The molecule has 2 aromatic carbocycles. The van der Waals surface area contributed by atoms with E-state index in [0.29, 0.717) is 114 Å². The maximum Gasteiger partial charge on any atom is 0.410 e. The number of benzene rings is 2. The summed E-state index contributed by atoms with van der Waals surface area (Å²) in [7, 11) is 0. The fourth-order valence-electron chi connectivity index (χ4n) is 9.86. The molecule has 4 saturated heterocycles. The maximum absolute atomic E-state index is 12.4. The number of aromatic nitrogens is 4. The van der Waals surface area contributed by atoms with E-state index in [-0.39, 0.29) is 50.1 Å². The average Bonchev–Trinajstić information content (AvgIpc) is 3.42. The molecule has 416 valence electrons. The molecule has 4 aromatic rings. The number of aliphatic carboxylic acids is 1. The number of esters is 1. The van der Waals surface area contributed by atoms with Crippen molar-refractivity contribution in [1.82, 2.24) is 29.7 Å². The number of carbonyl (C=O) groups excluding carboxylic acids is 4.